The van der Waals surface area contributed by atoms with E-state index in [1.165, 1.54) is 11.3 Å². The summed E-state index contributed by atoms with van der Waals surface area (Å²) in [5.41, 5.74) is 0.721. The van der Waals surface area contributed by atoms with E-state index in [4.69, 9.17) is 9.47 Å². The minimum absolute atomic E-state index is 0.179. The Morgan fingerprint density at radius 3 is 2.42 bits per heavy atom. The number of ether oxygens (including phenoxy) is 2. The molecule has 1 rings (SSSR count). The summed E-state index contributed by atoms with van der Waals surface area (Å²) in [7, 11) is 1.72. The number of hydrogen-bond acceptors (Lipinski definition) is 7. The van der Waals surface area contributed by atoms with Crippen molar-refractivity contribution >= 4 is 28.3 Å². The molecule has 7 nitrogen and oxygen atoms in total. The molecule has 24 heavy (non-hydrogen) atoms. The average molecular weight is 351 g/mol. The van der Waals surface area contributed by atoms with Gasteiger partial charge in [0.05, 0.1) is 6.54 Å². The molecule has 0 aliphatic heterocycles. The van der Waals surface area contributed by atoms with E-state index in [1.807, 2.05) is 6.07 Å². The SMILES string of the molecule is C=C(C)C(=O)OCCN(C)N=Nc1ccc(COC(=O)C(=C)C)s1. The lowest BCUT2D eigenvalue weighted by Gasteiger charge is -2.10. The first-order chi connectivity index (χ1) is 11.3. The fraction of sp³-hybridized carbons (Fsp3) is 0.375. The van der Waals surface area contributed by atoms with E-state index in [0.29, 0.717) is 22.7 Å². The number of carbonyl (C=O) groups excluding carboxylic acids is 2. The van der Waals surface area contributed by atoms with Crippen LogP contribution in [0.3, 0.4) is 0 Å². The molecule has 1 aromatic heterocycles. The van der Waals surface area contributed by atoms with Crippen molar-refractivity contribution in [1.82, 2.24) is 5.01 Å². The molecule has 0 bridgehead atoms. The van der Waals surface area contributed by atoms with Crippen LogP contribution in [0.25, 0.3) is 0 Å². The molecule has 1 heterocycles. The highest BCUT2D eigenvalue weighted by atomic mass is 32.1. The van der Waals surface area contributed by atoms with E-state index >= 15 is 0 Å². The molecule has 0 aliphatic carbocycles. The second-order valence-electron chi connectivity index (χ2n) is 5.08. The van der Waals surface area contributed by atoms with Crippen molar-refractivity contribution in [2.24, 2.45) is 10.3 Å². The van der Waals surface area contributed by atoms with Crippen molar-refractivity contribution in [2.75, 3.05) is 20.2 Å². The maximum absolute atomic E-state index is 11.3. The monoisotopic (exact) mass is 351 g/mol. The Morgan fingerprint density at radius 1 is 1.17 bits per heavy atom. The van der Waals surface area contributed by atoms with Gasteiger partial charge in [-0.2, -0.15) is 0 Å². The summed E-state index contributed by atoms with van der Waals surface area (Å²) in [5, 5.41) is 10.3. The quantitative estimate of drug-likeness (QED) is 0.295. The molecule has 0 aliphatic rings. The summed E-state index contributed by atoms with van der Waals surface area (Å²) in [4.78, 5) is 23.4. The van der Waals surface area contributed by atoms with Crippen molar-refractivity contribution in [3.63, 3.8) is 0 Å². The van der Waals surface area contributed by atoms with Crippen LogP contribution >= 0.6 is 11.3 Å². The van der Waals surface area contributed by atoms with Gasteiger partial charge in [0.15, 0.2) is 0 Å². The van der Waals surface area contributed by atoms with E-state index < -0.39 is 11.9 Å². The lowest BCUT2D eigenvalue weighted by Crippen LogP contribution is -2.19. The summed E-state index contributed by atoms with van der Waals surface area (Å²) in [6.07, 6.45) is 0. The standard InChI is InChI=1S/C16H21N3O4S/c1-11(2)15(20)22-9-8-19(5)18-17-14-7-6-13(24-14)10-23-16(21)12(3)4/h6-7H,1,3,8-10H2,2,4-5H3. The molecule has 0 unspecified atom stereocenters. The number of hydrogen-bond donors (Lipinski definition) is 0. The first kappa shape index (κ1) is 19.6. The fourth-order valence-electron chi connectivity index (χ4n) is 1.32. The Labute approximate surface area is 145 Å². The zero-order chi connectivity index (χ0) is 18.1. The average Bonchev–Trinajstić information content (AvgIpc) is 2.98. The van der Waals surface area contributed by atoms with Gasteiger partial charge in [0.25, 0.3) is 0 Å². The Kier molecular flexibility index (Phi) is 7.84. The van der Waals surface area contributed by atoms with Crippen LogP contribution in [0.15, 0.2) is 46.8 Å². The van der Waals surface area contributed by atoms with Crippen LogP contribution in [-0.2, 0) is 25.7 Å². The number of likely N-dealkylation sites (N-methyl/N-ethyl adjacent to an activating group) is 1. The molecule has 0 amide bonds. The lowest BCUT2D eigenvalue weighted by atomic mass is 10.4. The fourth-order valence-corrected chi connectivity index (χ4v) is 2.05. The van der Waals surface area contributed by atoms with Gasteiger partial charge < -0.3 is 9.47 Å². The van der Waals surface area contributed by atoms with Crippen LogP contribution in [0.2, 0.25) is 0 Å². The number of nitrogens with zero attached hydrogens (tertiary/aromatic N) is 3. The maximum Gasteiger partial charge on any atom is 0.333 e. The maximum atomic E-state index is 11.3. The molecule has 0 atom stereocenters. The van der Waals surface area contributed by atoms with Crippen LogP contribution in [0, 0.1) is 0 Å². The topological polar surface area (TPSA) is 80.6 Å². The Hall–Kier alpha value is -2.48. The number of esters is 2. The molecular formula is C16H21N3O4S. The van der Waals surface area contributed by atoms with Gasteiger partial charge in [-0.1, -0.05) is 18.4 Å². The molecule has 0 aromatic carbocycles. The highest BCUT2D eigenvalue weighted by Gasteiger charge is 2.06. The van der Waals surface area contributed by atoms with E-state index in [9.17, 15) is 9.59 Å². The van der Waals surface area contributed by atoms with Crippen LogP contribution in [0.4, 0.5) is 5.00 Å². The molecule has 0 N–H and O–H groups in total. The summed E-state index contributed by atoms with van der Waals surface area (Å²) in [6, 6.07) is 3.60. The normalized spacial score (nSPS) is 10.5. The minimum Gasteiger partial charge on any atom is -0.460 e. The van der Waals surface area contributed by atoms with Crippen molar-refractivity contribution in [3.8, 4) is 0 Å². The van der Waals surface area contributed by atoms with Gasteiger partial charge in [0, 0.05) is 23.1 Å². The van der Waals surface area contributed by atoms with Gasteiger partial charge >= 0.3 is 11.9 Å². The van der Waals surface area contributed by atoms with Gasteiger partial charge in [-0.25, -0.2) is 9.59 Å². The van der Waals surface area contributed by atoms with Crippen molar-refractivity contribution in [1.29, 1.82) is 0 Å². The van der Waals surface area contributed by atoms with Crippen molar-refractivity contribution in [3.05, 3.63) is 41.3 Å². The van der Waals surface area contributed by atoms with Crippen LogP contribution in [0.5, 0.6) is 0 Å². The van der Waals surface area contributed by atoms with Gasteiger partial charge in [-0.05, 0) is 26.0 Å². The van der Waals surface area contributed by atoms with E-state index in [-0.39, 0.29) is 13.2 Å². The molecule has 130 valence electrons. The van der Waals surface area contributed by atoms with Crippen molar-refractivity contribution in [2.45, 2.75) is 20.5 Å². The molecule has 8 heteroatoms. The third kappa shape index (κ3) is 7.19. The highest BCUT2D eigenvalue weighted by Crippen LogP contribution is 2.26. The Morgan fingerprint density at radius 2 is 1.79 bits per heavy atom. The third-order valence-corrected chi connectivity index (χ3v) is 3.58. The Balaban J connectivity index is 2.39. The van der Waals surface area contributed by atoms with Gasteiger partial charge in [0.1, 0.15) is 18.2 Å². The second kappa shape index (κ2) is 9.61. The zero-order valence-electron chi connectivity index (χ0n) is 14.1. The zero-order valence-corrected chi connectivity index (χ0v) is 14.9. The predicted octanol–water partition coefficient (Wildman–Crippen LogP) is 3.42. The van der Waals surface area contributed by atoms with E-state index in [0.717, 1.165) is 4.88 Å². The molecular weight excluding hydrogens is 330 g/mol. The highest BCUT2D eigenvalue weighted by molar-refractivity contribution is 7.15. The number of carbonyl (C=O) groups is 2. The first-order valence-electron chi connectivity index (χ1n) is 7.16. The van der Waals surface area contributed by atoms with Crippen molar-refractivity contribution < 1.29 is 19.1 Å². The lowest BCUT2D eigenvalue weighted by molar-refractivity contribution is -0.140. The molecule has 0 fully saturated rings. The predicted molar refractivity (Wildman–Crippen MR) is 91.8 cm³/mol. The molecule has 0 saturated heterocycles. The van der Waals surface area contributed by atoms with Gasteiger partial charge in [-0.3, -0.25) is 5.01 Å². The van der Waals surface area contributed by atoms with Crippen LogP contribution < -0.4 is 0 Å². The smallest absolute Gasteiger partial charge is 0.333 e. The number of rotatable bonds is 9. The van der Waals surface area contributed by atoms with Crippen LogP contribution in [0.1, 0.15) is 18.7 Å². The summed E-state index contributed by atoms with van der Waals surface area (Å²) < 4.78 is 10.0. The largest absolute Gasteiger partial charge is 0.460 e. The minimum atomic E-state index is -0.424. The molecule has 0 radical (unpaired) electrons. The third-order valence-electron chi connectivity index (χ3n) is 2.63. The van der Waals surface area contributed by atoms with Gasteiger partial charge in [-0.15, -0.1) is 16.5 Å². The van der Waals surface area contributed by atoms with Crippen LogP contribution in [-0.4, -0.2) is 37.1 Å². The second-order valence-corrected chi connectivity index (χ2v) is 6.23. The summed E-state index contributed by atoms with van der Waals surface area (Å²) in [5.74, 6) is -0.844. The summed E-state index contributed by atoms with van der Waals surface area (Å²) >= 11 is 1.37. The van der Waals surface area contributed by atoms with E-state index in [1.54, 1.807) is 32.0 Å². The summed E-state index contributed by atoms with van der Waals surface area (Å²) in [6.45, 7) is 11.0. The Bertz CT molecular complexity index is 652. The first-order valence-corrected chi connectivity index (χ1v) is 7.98. The molecule has 1 aromatic rings. The van der Waals surface area contributed by atoms with E-state index in [2.05, 4.69) is 23.5 Å². The number of thiophene rings is 1. The molecule has 0 saturated carbocycles. The van der Waals surface area contributed by atoms with Gasteiger partial charge in [0.2, 0.25) is 0 Å². The molecule has 0 spiro atoms.